The van der Waals surface area contributed by atoms with E-state index in [1.807, 2.05) is 6.92 Å². The van der Waals surface area contributed by atoms with Crippen molar-refractivity contribution in [1.29, 1.82) is 0 Å². The van der Waals surface area contributed by atoms with Crippen molar-refractivity contribution in [2.24, 2.45) is 0 Å². The SMILES string of the molecule is CC1(C(=O)OC2CC2)OC12CCCCC2. The third-order valence-electron chi connectivity index (χ3n) is 4.08. The van der Waals surface area contributed by atoms with Crippen molar-refractivity contribution in [3.05, 3.63) is 0 Å². The van der Waals surface area contributed by atoms with Crippen molar-refractivity contribution in [2.75, 3.05) is 0 Å². The molecule has 3 nitrogen and oxygen atoms in total. The smallest absolute Gasteiger partial charge is 0.341 e. The van der Waals surface area contributed by atoms with Gasteiger partial charge in [0.15, 0.2) is 5.60 Å². The van der Waals surface area contributed by atoms with Gasteiger partial charge in [-0.2, -0.15) is 0 Å². The highest BCUT2D eigenvalue weighted by atomic mass is 16.7. The fourth-order valence-electron chi connectivity index (χ4n) is 2.74. The Labute approximate surface area is 90.1 Å². The van der Waals surface area contributed by atoms with Crippen molar-refractivity contribution in [2.45, 2.75) is 69.2 Å². The molecule has 0 aromatic rings. The Morgan fingerprint density at radius 2 is 1.93 bits per heavy atom. The second-order valence-electron chi connectivity index (χ2n) is 5.29. The molecule has 0 N–H and O–H groups in total. The number of rotatable bonds is 2. The highest BCUT2D eigenvalue weighted by Crippen LogP contribution is 2.57. The number of hydrogen-bond acceptors (Lipinski definition) is 3. The highest BCUT2D eigenvalue weighted by Gasteiger charge is 2.72. The summed E-state index contributed by atoms with van der Waals surface area (Å²) in [7, 11) is 0. The Morgan fingerprint density at radius 1 is 1.27 bits per heavy atom. The fraction of sp³-hybridized carbons (Fsp3) is 0.917. The molecule has 0 amide bonds. The van der Waals surface area contributed by atoms with Crippen molar-refractivity contribution in [3.8, 4) is 0 Å². The van der Waals surface area contributed by atoms with E-state index in [4.69, 9.17) is 9.47 Å². The zero-order chi connectivity index (χ0) is 10.5. The molecular weight excluding hydrogens is 192 g/mol. The Morgan fingerprint density at radius 3 is 2.53 bits per heavy atom. The van der Waals surface area contributed by atoms with Gasteiger partial charge in [-0.3, -0.25) is 0 Å². The van der Waals surface area contributed by atoms with Gasteiger partial charge in [0.25, 0.3) is 0 Å². The van der Waals surface area contributed by atoms with Gasteiger partial charge in [0.2, 0.25) is 0 Å². The van der Waals surface area contributed by atoms with Crippen LogP contribution < -0.4 is 0 Å². The molecule has 0 bridgehead atoms. The van der Waals surface area contributed by atoms with Gasteiger partial charge in [-0.25, -0.2) is 4.79 Å². The van der Waals surface area contributed by atoms with E-state index < -0.39 is 5.60 Å². The van der Waals surface area contributed by atoms with Crippen LogP contribution in [0.15, 0.2) is 0 Å². The van der Waals surface area contributed by atoms with Crippen molar-refractivity contribution < 1.29 is 14.3 Å². The highest BCUT2D eigenvalue weighted by molar-refractivity contribution is 5.84. The van der Waals surface area contributed by atoms with Crippen LogP contribution in [0.25, 0.3) is 0 Å². The van der Waals surface area contributed by atoms with Crippen LogP contribution in [-0.4, -0.2) is 23.3 Å². The van der Waals surface area contributed by atoms with E-state index in [-0.39, 0.29) is 17.7 Å². The lowest BCUT2D eigenvalue weighted by Crippen LogP contribution is -2.34. The molecule has 3 fully saturated rings. The number of esters is 1. The lowest BCUT2D eigenvalue weighted by Gasteiger charge is -2.20. The molecule has 0 aromatic heterocycles. The number of carbonyl (C=O) groups is 1. The molecule has 1 spiro atoms. The van der Waals surface area contributed by atoms with Gasteiger partial charge >= 0.3 is 5.97 Å². The maximum Gasteiger partial charge on any atom is 0.341 e. The lowest BCUT2D eigenvalue weighted by molar-refractivity contribution is -0.150. The van der Waals surface area contributed by atoms with Crippen molar-refractivity contribution in [3.63, 3.8) is 0 Å². The molecule has 2 aliphatic carbocycles. The first-order chi connectivity index (χ1) is 7.16. The van der Waals surface area contributed by atoms with Gasteiger partial charge in [-0.1, -0.05) is 19.3 Å². The molecule has 1 atom stereocenters. The summed E-state index contributed by atoms with van der Waals surface area (Å²) < 4.78 is 11.1. The van der Waals surface area contributed by atoms with Crippen LogP contribution >= 0.6 is 0 Å². The predicted molar refractivity (Wildman–Crippen MR) is 54.4 cm³/mol. The maximum atomic E-state index is 11.9. The van der Waals surface area contributed by atoms with Gasteiger partial charge in [-0.15, -0.1) is 0 Å². The van der Waals surface area contributed by atoms with Gasteiger partial charge in [0.1, 0.15) is 11.7 Å². The van der Waals surface area contributed by atoms with E-state index in [9.17, 15) is 4.79 Å². The van der Waals surface area contributed by atoms with Crippen LogP contribution in [0.3, 0.4) is 0 Å². The summed E-state index contributed by atoms with van der Waals surface area (Å²) in [5.74, 6) is -0.119. The zero-order valence-electron chi connectivity index (χ0n) is 9.25. The third-order valence-corrected chi connectivity index (χ3v) is 4.08. The molecule has 1 aliphatic heterocycles. The number of carbonyl (C=O) groups excluding carboxylic acids is 1. The summed E-state index contributed by atoms with van der Waals surface area (Å²) in [5.41, 5.74) is -0.771. The Hall–Kier alpha value is -0.570. The topological polar surface area (TPSA) is 38.8 Å². The predicted octanol–water partition coefficient (Wildman–Crippen LogP) is 2.18. The maximum absolute atomic E-state index is 11.9. The van der Waals surface area contributed by atoms with E-state index in [0.717, 1.165) is 25.7 Å². The average molecular weight is 210 g/mol. The van der Waals surface area contributed by atoms with Gasteiger partial charge in [0.05, 0.1) is 0 Å². The largest absolute Gasteiger partial charge is 0.460 e. The molecule has 3 aliphatic rings. The van der Waals surface area contributed by atoms with Crippen molar-refractivity contribution in [1.82, 2.24) is 0 Å². The Balaban J connectivity index is 1.67. The van der Waals surface area contributed by atoms with E-state index >= 15 is 0 Å². The molecule has 1 unspecified atom stereocenters. The molecule has 1 saturated heterocycles. The summed E-state index contributed by atoms with van der Waals surface area (Å²) in [4.78, 5) is 11.9. The van der Waals surface area contributed by atoms with Crippen LogP contribution in [-0.2, 0) is 14.3 Å². The average Bonchev–Trinajstić information content (AvgIpc) is 3.10. The minimum atomic E-state index is -0.615. The van der Waals surface area contributed by atoms with Gasteiger partial charge in [0, 0.05) is 0 Å². The molecule has 2 saturated carbocycles. The molecule has 0 radical (unpaired) electrons. The first-order valence-electron chi connectivity index (χ1n) is 6.08. The second-order valence-corrected chi connectivity index (χ2v) is 5.29. The Bertz CT molecular complexity index is 289. The number of epoxide rings is 1. The van der Waals surface area contributed by atoms with E-state index in [2.05, 4.69) is 0 Å². The summed E-state index contributed by atoms with van der Waals surface area (Å²) >= 11 is 0. The van der Waals surface area contributed by atoms with Gasteiger partial charge in [-0.05, 0) is 32.6 Å². The molecule has 1 heterocycles. The lowest BCUT2D eigenvalue weighted by atomic mass is 9.81. The van der Waals surface area contributed by atoms with Crippen LogP contribution in [0.4, 0.5) is 0 Å². The quantitative estimate of drug-likeness (QED) is 0.518. The standard InChI is InChI=1S/C12H18O3/c1-11(10(13)14-9-5-6-9)12(15-11)7-3-2-4-8-12/h9H,2-8H2,1H3. The third kappa shape index (κ3) is 1.40. The van der Waals surface area contributed by atoms with Gasteiger partial charge < -0.3 is 9.47 Å². The minimum absolute atomic E-state index is 0.119. The van der Waals surface area contributed by atoms with E-state index in [1.165, 1.54) is 19.3 Å². The molecular formula is C12H18O3. The minimum Gasteiger partial charge on any atom is -0.460 e. The summed E-state index contributed by atoms with van der Waals surface area (Å²) in [5, 5.41) is 0. The van der Waals surface area contributed by atoms with Crippen LogP contribution in [0, 0.1) is 0 Å². The first-order valence-corrected chi connectivity index (χ1v) is 6.08. The fourth-order valence-corrected chi connectivity index (χ4v) is 2.74. The molecule has 84 valence electrons. The van der Waals surface area contributed by atoms with Crippen LogP contribution in [0.2, 0.25) is 0 Å². The molecule has 3 heteroatoms. The van der Waals surface area contributed by atoms with Crippen LogP contribution in [0.1, 0.15) is 51.9 Å². The summed E-state index contributed by atoms with van der Waals surface area (Å²) in [6, 6.07) is 0. The number of hydrogen-bond donors (Lipinski definition) is 0. The monoisotopic (exact) mass is 210 g/mol. The summed E-state index contributed by atoms with van der Waals surface area (Å²) in [6.07, 6.45) is 7.98. The first kappa shape index (κ1) is 9.64. The molecule has 15 heavy (non-hydrogen) atoms. The van der Waals surface area contributed by atoms with Crippen molar-refractivity contribution >= 4 is 5.97 Å². The van der Waals surface area contributed by atoms with E-state index in [1.54, 1.807) is 0 Å². The normalized spacial score (nSPS) is 37.7. The van der Waals surface area contributed by atoms with Crippen LogP contribution in [0.5, 0.6) is 0 Å². The Kier molecular flexibility index (Phi) is 1.91. The second kappa shape index (κ2) is 2.97. The zero-order valence-corrected chi connectivity index (χ0v) is 9.25. The molecule has 3 rings (SSSR count). The number of ether oxygens (including phenoxy) is 2. The van der Waals surface area contributed by atoms with E-state index in [0.29, 0.717) is 0 Å². The summed E-state index contributed by atoms with van der Waals surface area (Å²) in [6.45, 7) is 1.91. The molecule has 0 aromatic carbocycles.